The molecule has 0 aliphatic carbocycles. The van der Waals surface area contributed by atoms with Gasteiger partial charge in [0, 0.05) is 11.6 Å². The molecule has 1 saturated heterocycles. The lowest BCUT2D eigenvalue weighted by Crippen LogP contribution is -2.62. The number of likely N-dealkylation sites (tertiary alicyclic amines) is 1. The third kappa shape index (κ3) is 3.96. The fourth-order valence-corrected chi connectivity index (χ4v) is 3.65. The first kappa shape index (κ1) is 16.0. The van der Waals surface area contributed by atoms with Gasteiger partial charge in [-0.15, -0.1) is 0 Å². The summed E-state index contributed by atoms with van der Waals surface area (Å²) in [5.41, 5.74) is 0.532. The van der Waals surface area contributed by atoms with E-state index in [4.69, 9.17) is 0 Å². The molecule has 1 unspecified atom stereocenters. The maximum absolute atomic E-state index is 3.74. The number of hydrogen-bond donors (Lipinski definition) is 1. The van der Waals surface area contributed by atoms with Gasteiger partial charge in [-0.1, -0.05) is 40.5 Å². The molecule has 108 valence electrons. The Labute approximate surface area is 115 Å². The van der Waals surface area contributed by atoms with E-state index in [9.17, 15) is 0 Å². The van der Waals surface area contributed by atoms with E-state index < -0.39 is 0 Å². The van der Waals surface area contributed by atoms with Crippen molar-refractivity contribution in [2.75, 3.05) is 19.6 Å². The third-order valence-electron chi connectivity index (χ3n) is 4.40. The van der Waals surface area contributed by atoms with Crippen LogP contribution in [0.1, 0.15) is 67.2 Å². The topological polar surface area (TPSA) is 15.3 Å². The minimum absolute atomic E-state index is 0.235. The second kappa shape index (κ2) is 6.38. The summed E-state index contributed by atoms with van der Waals surface area (Å²) in [4.78, 5) is 2.72. The molecule has 0 radical (unpaired) electrons. The number of nitrogens with one attached hydrogen (secondary N) is 1. The summed E-state index contributed by atoms with van der Waals surface area (Å²) in [6, 6.07) is 0.535. The molecule has 18 heavy (non-hydrogen) atoms. The molecule has 0 spiro atoms. The van der Waals surface area contributed by atoms with Crippen LogP contribution >= 0.6 is 0 Å². The van der Waals surface area contributed by atoms with E-state index in [1.54, 1.807) is 0 Å². The Morgan fingerprint density at radius 3 is 1.83 bits per heavy atom. The first-order chi connectivity index (χ1) is 8.30. The summed E-state index contributed by atoms with van der Waals surface area (Å²) in [6.45, 7) is 17.7. The molecular weight excluding hydrogens is 220 g/mol. The standard InChI is InChI=1S/C16H34N2/c1-7-17-14(15(2,3)4)16(5,6)18-12-10-8-9-11-13-18/h14,17H,7-13H2,1-6H3. The second-order valence-corrected chi connectivity index (χ2v) is 7.41. The lowest BCUT2D eigenvalue weighted by molar-refractivity contribution is 0.0378. The van der Waals surface area contributed by atoms with Crippen LogP contribution in [0.4, 0.5) is 0 Å². The zero-order valence-electron chi connectivity index (χ0n) is 13.5. The average molecular weight is 254 g/mol. The molecule has 0 bridgehead atoms. The Hall–Kier alpha value is -0.0800. The number of nitrogens with zero attached hydrogens (tertiary/aromatic N) is 1. The van der Waals surface area contributed by atoms with E-state index >= 15 is 0 Å². The van der Waals surface area contributed by atoms with Crippen molar-refractivity contribution in [3.05, 3.63) is 0 Å². The van der Waals surface area contributed by atoms with Gasteiger partial charge in [-0.05, 0) is 51.7 Å². The summed E-state index contributed by atoms with van der Waals surface area (Å²) in [5.74, 6) is 0. The van der Waals surface area contributed by atoms with E-state index in [2.05, 4.69) is 51.8 Å². The number of rotatable bonds is 4. The van der Waals surface area contributed by atoms with Crippen molar-refractivity contribution in [3.63, 3.8) is 0 Å². The van der Waals surface area contributed by atoms with Crippen molar-refractivity contribution in [1.29, 1.82) is 0 Å². The van der Waals surface area contributed by atoms with Gasteiger partial charge in [0.05, 0.1) is 0 Å². The van der Waals surface area contributed by atoms with E-state index in [1.165, 1.54) is 38.8 Å². The molecule has 0 aromatic rings. The molecule has 1 heterocycles. The molecule has 1 aliphatic heterocycles. The predicted octanol–water partition coefficient (Wildman–Crippen LogP) is 3.67. The molecule has 1 fully saturated rings. The van der Waals surface area contributed by atoms with Crippen molar-refractivity contribution < 1.29 is 0 Å². The third-order valence-corrected chi connectivity index (χ3v) is 4.40. The molecule has 0 amide bonds. The zero-order valence-corrected chi connectivity index (χ0v) is 13.5. The minimum atomic E-state index is 0.235. The first-order valence-electron chi connectivity index (χ1n) is 7.78. The van der Waals surface area contributed by atoms with Gasteiger partial charge in [0.25, 0.3) is 0 Å². The molecule has 1 aliphatic rings. The van der Waals surface area contributed by atoms with E-state index in [-0.39, 0.29) is 5.54 Å². The summed E-state index contributed by atoms with van der Waals surface area (Å²) in [5, 5.41) is 3.74. The highest BCUT2D eigenvalue weighted by Crippen LogP contribution is 2.33. The molecule has 1 N–H and O–H groups in total. The van der Waals surface area contributed by atoms with Crippen LogP contribution in [0.15, 0.2) is 0 Å². The van der Waals surface area contributed by atoms with Crippen molar-refractivity contribution >= 4 is 0 Å². The summed E-state index contributed by atoms with van der Waals surface area (Å²) in [6.07, 6.45) is 5.56. The Balaban J connectivity index is 2.84. The first-order valence-corrected chi connectivity index (χ1v) is 7.78. The molecule has 0 aromatic heterocycles. The van der Waals surface area contributed by atoms with E-state index in [0.29, 0.717) is 11.5 Å². The number of hydrogen-bond acceptors (Lipinski definition) is 2. The highest BCUT2D eigenvalue weighted by atomic mass is 15.2. The van der Waals surface area contributed by atoms with Crippen molar-refractivity contribution in [2.24, 2.45) is 5.41 Å². The molecule has 2 nitrogen and oxygen atoms in total. The van der Waals surface area contributed by atoms with Gasteiger partial charge in [0.15, 0.2) is 0 Å². The fourth-order valence-electron chi connectivity index (χ4n) is 3.65. The smallest absolute Gasteiger partial charge is 0.0311 e. The average Bonchev–Trinajstić information content (AvgIpc) is 2.52. The van der Waals surface area contributed by atoms with Gasteiger partial charge in [-0.2, -0.15) is 0 Å². The van der Waals surface area contributed by atoms with Gasteiger partial charge in [0.1, 0.15) is 0 Å². The van der Waals surface area contributed by atoms with Crippen LogP contribution in [-0.2, 0) is 0 Å². The van der Waals surface area contributed by atoms with Crippen molar-refractivity contribution in [3.8, 4) is 0 Å². The highest BCUT2D eigenvalue weighted by Gasteiger charge is 2.41. The highest BCUT2D eigenvalue weighted by molar-refractivity contribution is 4.99. The van der Waals surface area contributed by atoms with Crippen LogP contribution in [0.3, 0.4) is 0 Å². The summed E-state index contributed by atoms with van der Waals surface area (Å²) in [7, 11) is 0. The van der Waals surface area contributed by atoms with Crippen molar-refractivity contribution in [1.82, 2.24) is 10.2 Å². The summed E-state index contributed by atoms with van der Waals surface area (Å²) < 4.78 is 0. The molecule has 0 saturated carbocycles. The Morgan fingerprint density at radius 2 is 1.44 bits per heavy atom. The Bertz CT molecular complexity index is 232. The molecule has 0 aromatic carbocycles. The minimum Gasteiger partial charge on any atom is -0.312 e. The maximum atomic E-state index is 3.74. The van der Waals surface area contributed by atoms with Gasteiger partial charge in [-0.3, -0.25) is 4.90 Å². The van der Waals surface area contributed by atoms with Crippen LogP contribution in [-0.4, -0.2) is 36.1 Å². The largest absolute Gasteiger partial charge is 0.312 e. The van der Waals surface area contributed by atoms with Gasteiger partial charge in [0.2, 0.25) is 0 Å². The molecule has 2 heteroatoms. The number of likely N-dealkylation sites (N-methyl/N-ethyl adjacent to an activating group) is 1. The molecule has 1 atom stereocenters. The maximum Gasteiger partial charge on any atom is 0.0311 e. The quantitative estimate of drug-likeness (QED) is 0.823. The fraction of sp³-hybridized carbons (Fsp3) is 1.00. The Morgan fingerprint density at radius 1 is 0.944 bits per heavy atom. The normalized spacial score (nSPS) is 21.7. The summed E-state index contributed by atoms with van der Waals surface area (Å²) >= 11 is 0. The van der Waals surface area contributed by atoms with Crippen LogP contribution in [0.25, 0.3) is 0 Å². The lowest BCUT2D eigenvalue weighted by Gasteiger charge is -2.49. The Kier molecular flexibility index (Phi) is 5.67. The predicted molar refractivity (Wildman–Crippen MR) is 81.0 cm³/mol. The zero-order chi connectivity index (χ0) is 13.8. The molecule has 1 rings (SSSR count). The van der Waals surface area contributed by atoms with Crippen LogP contribution in [0, 0.1) is 5.41 Å². The van der Waals surface area contributed by atoms with E-state index in [0.717, 1.165) is 6.54 Å². The molecular formula is C16H34N2. The van der Waals surface area contributed by atoms with Crippen LogP contribution in [0.2, 0.25) is 0 Å². The van der Waals surface area contributed by atoms with E-state index in [1.807, 2.05) is 0 Å². The monoisotopic (exact) mass is 254 g/mol. The van der Waals surface area contributed by atoms with Gasteiger partial charge in [-0.25, -0.2) is 0 Å². The van der Waals surface area contributed by atoms with Crippen LogP contribution < -0.4 is 5.32 Å². The lowest BCUT2D eigenvalue weighted by atomic mass is 9.75. The van der Waals surface area contributed by atoms with Crippen LogP contribution in [0.5, 0.6) is 0 Å². The van der Waals surface area contributed by atoms with Gasteiger partial charge >= 0.3 is 0 Å². The second-order valence-electron chi connectivity index (χ2n) is 7.41. The van der Waals surface area contributed by atoms with Crippen molar-refractivity contribution in [2.45, 2.75) is 78.8 Å². The van der Waals surface area contributed by atoms with Gasteiger partial charge < -0.3 is 5.32 Å². The SMILES string of the molecule is CCNC(C(C)(C)C)C(C)(C)N1CCCCCC1.